The number of pyridine rings is 1. The van der Waals surface area contributed by atoms with E-state index in [1.165, 1.54) is 6.07 Å². The van der Waals surface area contributed by atoms with Crippen molar-refractivity contribution in [3.8, 4) is 17.0 Å². The fourth-order valence-electron chi connectivity index (χ4n) is 2.76. The summed E-state index contributed by atoms with van der Waals surface area (Å²) in [5.41, 5.74) is 1.64. The lowest BCUT2D eigenvalue weighted by Gasteiger charge is -2.18. The van der Waals surface area contributed by atoms with Crippen LogP contribution in [0.2, 0.25) is 0 Å². The maximum Gasteiger partial charge on any atom is 0.277 e. The normalized spacial score (nSPS) is 11.6. The Morgan fingerprint density at radius 3 is 2.70 bits per heavy atom. The van der Waals surface area contributed by atoms with Crippen LogP contribution in [0, 0.1) is 0 Å². The standard InChI is InChI=1S/C20H20N4O3/c1-3-17(14-5-4-6-15(11-14)27-2)22-19(25)16-12-18(23-24-20(16)26)13-7-9-21-10-8-13/h4-12,17H,3H2,1-2H3,(H,22,25)(H,24,26)/t17-/m1/s1. The first-order valence-electron chi connectivity index (χ1n) is 8.57. The van der Waals surface area contributed by atoms with Gasteiger partial charge >= 0.3 is 0 Å². The molecule has 7 nitrogen and oxygen atoms in total. The number of carbonyl (C=O) groups is 1. The molecule has 3 aromatic rings. The largest absolute Gasteiger partial charge is 0.497 e. The number of nitrogens with zero attached hydrogens (tertiary/aromatic N) is 2. The molecule has 0 unspecified atom stereocenters. The molecule has 0 spiro atoms. The second-order valence-corrected chi connectivity index (χ2v) is 5.94. The molecule has 0 bridgehead atoms. The number of hydrogen-bond donors (Lipinski definition) is 2. The van der Waals surface area contributed by atoms with Gasteiger partial charge in [0.05, 0.1) is 18.8 Å². The van der Waals surface area contributed by atoms with E-state index in [1.54, 1.807) is 31.6 Å². The fraction of sp³-hybridized carbons (Fsp3) is 0.200. The number of hydrogen-bond acceptors (Lipinski definition) is 5. The van der Waals surface area contributed by atoms with Crippen LogP contribution in [0.4, 0.5) is 0 Å². The van der Waals surface area contributed by atoms with Crippen LogP contribution >= 0.6 is 0 Å². The molecule has 27 heavy (non-hydrogen) atoms. The third-order valence-electron chi connectivity index (χ3n) is 4.23. The van der Waals surface area contributed by atoms with Crippen LogP contribution in [-0.4, -0.2) is 28.2 Å². The SMILES string of the molecule is CC[C@@H](NC(=O)c1cc(-c2ccncc2)n[nH]c1=O)c1cccc(OC)c1. The van der Waals surface area contributed by atoms with Crippen molar-refractivity contribution in [3.05, 3.63) is 76.3 Å². The van der Waals surface area contributed by atoms with E-state index in [0.29, 0.717) is 17.9 Å². The van der Waals surface area contributed by atoms with E-state index in [2.05, 4.69) is 20.5 Å². The quantitative estimate of drug-likeness (QED) is 0.701. The summed E-state index contributed by atoms with van der Waals surface area (Å²) < 4.78 is 5.24. The zero-order valence-electron chi connectivity index (χ0n) is 15.1. The Labute approximate surface area is 156 Å². The summed E-state index contributed by atoms with van der Waals surface area (Å²) >= 11 is 0. The molecule has 0 saturated heterocycles. The van der Waals surface area contributed by atoms with Gasteiger partial charge in [-0.05, 0) is 42.3 Å². The second kappa shape index (κ2) is 8.27. The van der Waals surface area contributed by atoms with Gasteiger partial charge in [0.2, 0.25) is 0 Å². The highest BCUT2D eigenvalue weighted by atomic mass is 16.5. The minimum atomic E-state index is -0.536. The van der Waals surface area contributed by atoms with Gasteiger partial charge in [-0.2, -0.15) is 5.10 Å². The summed E-state index contributed by atoms with van der Waals surface area (Å²) in [5, 5.41) is 9.32. The first-order chi connectivity index (χ1) is 13.1. The first-order valence-corrected chi connectivity index (χ1v) is 8.57. The van der Waals surface area contributed by atoms with Crippen molar-refractivity contribution in [1.29, 1.82) is 0 Å². The van der Waals surface area contributed by atoms with Crippen LogP contribution in [0.15, 0.2) is 59.7 Å². The number of aromatic amines is 1. The minimum absolute atomic E-state index is 0.0122. The Morgan fingerprint density at radius 2 is 2.00 bits per heavy atom. The summed E-state index contributed by atoms with van der Waals surface area (Å²) in [5.74, 6) is 0.255. The molecule has 1 aromatic carbocycles. The molecule has 0 saturated carbocycles. The second-order valence-electron chi connectivity index (χ2n) is 5.94. The van der Waals surface area contributed by atoms with Gasteiger partial charge < -0.3 is 10.1 Å². The zero-order chi connectivity index (χ0) is 19.2. The van der Waals surface area contributed by atoms with Crippen molar-refractivity contribution in [2.75, 3.05) is 7.11 Å². The molecule has 7 heteroatoms. The van der Waals surface area contributed by atoms with E-state index in [0.717, 1.165) is 11.1 Å². The number of benzene rings is 1. The molecule has 1 amide bonds. The van der Waals surface area contributed by atoms with E-state index in [1.807, 2.05) is 31.2 Å². The third kappa shape index (κ3) is 4.20. The van der Waals surface area contributed by atoms with Gasteiger partial charge in [0, 0.05) is 18.0 Å². The van der Waals surface area contributed by atoms with Crippen LogP contribution in [-0.2, 0) is 0 Å². The van der Waals surface area contributed by atoms with Gasteiger partial charge in [0.25, 0.3) is 11.5 Å². The van der Waals surface area contributed by atoms with E-state index in [-0.39, 0.29) is 11.6 Å². The predicted octanol–water partition coefficient (Wildman–Crippen LogP) is 2.72. The average molecular weight is 364 g/mol. The van der Waals surface area contributed by atoms with Crippen LogP contribution in [0.1, 0.15) is 35.3 Å². The molecular formula is C20H20N4O3. The molecule has 0 aliphatic carbocycles. The highest BCUT2D eigenvalue weighted by Crippen LogP contribution is 2.22. The van der Waals surface area contributed by atoms with Gasteiger partial charge in [0.15, 0.2) is 0 Å². The number of amides is 1. The lowest BCUT2D eigenvalue weighted by Crippen LogP contribution is -2.33. The van der Waals surface area contributed by atoms with Crippen molar-refractivity contribution >= 4 is 5.91 Å². The maximum absolute atomic E-state index is 12.7. The lowest BCUT2D eigenvalue weighted by atomic mass is 10.0. The van der Waals surface area contributed by atoms with Gasteiger partial charge in [-0.1, -0.05) is 19.1 Å². The molecule has 2 N–H and O–H groups in total. The molecule has 0 aliphatic heterocycles. The van der Waals surface area contributed by atoms with Crippen molar-refractivity contribution < 1.29 is 9.53 Å². The highest BCUT2D eigenvalue weighted by Gasteiger charge is 2.18. The van der Waals surface area contributed by atoms with E-state index >= 15 is 0 Å². The van der Waals surface area contributed by atoms with Gasteiger partial charge in [0.1, 0.15) is 11.3 Å². The summed E-state index contributed by atoms with van der Waals surface area (Å²) in [4.78, 5) is 28.8. The average Bonchev–Trinajstić information content (AvgIpc) is 2.72. The van der Waals surface area contributed by atoms with Crippen molar-refractivity contribution in [3.63, 3.8) is 0 Å². The molecular weight excluding hydrogens is 344 g/mol. The number of ether oxygens (including phenoxy) is 1. The molecule has 0 radical (unpaired) electrons. The molecule has 2 heterocycles. The molecule has 1 atom stereocenters. The summed E-state index contributed by atoms with van der Waals surface area (Å²) in [6.07, 6.45) is 3.91. The maximum atomic E-state index is 12.7. The van der Waals surface area contributed by atoms with Crippen LogP contribution in [0.3, 0.4) is 0 Å². The monoisotopic (exact) mass is 364 g/mol. The number of aromatic nitrogens is 3. The molecule has 3 rings (SSSR count). The molecule has 138 valence electrons. The van der Waals surface area contributed by atoms with Crippen LogP contribution in [0.25, 0.3) is 11.3 Å². The van der Waals surface area contributed by atoms with E-state index in [4.69, 9.17) is 4.74 Å². The number of H-pyrrole nitrogens is 1. The van der Waals surface area contributed by atoms with Crippen molar-refractivity contribution in [2.24, 2.45) is 0 Å². The Morgan fingerprint density at radius 1 is 1.22 bits per heavy atom. The van der Waals surface area contributed by atoms with Gasteiger partial charge in [-0.15, -0.1) is 0 Å². The minimum Gasteiger partial charge on any atom is -0.497 e. The number of nitrogens with one attached hydrogen (secondary N) is 2. The highest BCUT2D eigenvalue weighted by molar-refractivity contribution is 5.95. The Balaban J connectivity index is 1.87. The van der Waals surface area contributed by atoms with Crippen LogP contribution in [0.5, 0.6) is 5.75 Å². The van der Waals surface area contributed by atoms with E-state index in [9.17, 15) is 9.59 Å². The Kier molecular flexibility index (Phi) is 5.61. The summed E-state index contributed by atoms with van der Waals surface area (Å²) in [6.45, 7) is 1.96. The molecule has 0 fully saturated rings. The first kappa shape index (κ1) is 18.3. The summed E-state index contributed by atoms with van der Waals surface area (Å²) in [6, 6.07) is 12.2. The lowest BCUT2D eigenvalue weighted by molar-refractivity contribution is 0.0933. The zero-order valence-corrected chi connectivity index (χ0v) is 15.1. The topological polar surface area (TPSA) is 97.0 Å². The van der Waals surface area contributed by atoms with Crippen molar-refractivity contribution in [1.82, 2.24) is 20.5 Å². The van der Waals surface area contributed by atoms with E-state index < -0.39 is 11.5 Å². The number of rotatable bonds is 6. The van der Waals surface area contributed by atoms with Crippen molar-refractivity contribution in [2.45, 2.75) is 19.4 Å². The number of methoxy groups -OCH3 is 1. The number of carbonyl (C=O) groups excluding carboxylic acids is 1. The smallest absolute Gasteiger partial charge is 0.277 e. The van der Waals surface area contributed by atoms with Gasteiger partial charge in [-0.25, -0.2) is 5.10 Å². The fourth-order valence-corrected chi connectivity index (χ4v) is 2.76. The predicted molar refractivity (Wildman–Crippen MR) is 102 cm³/mol. The molecule has 2 aromatic heterocycles. The third-order valence-corrected chi connectivity index (χ3v) is 4.23. The summed E-state index contributed by atoms with van der Waals surface area (Å²) in [7, 11) is 1.59. The van der Waals surface area contributed by atoms with Gasteiger partial charge in [-0.3, -0.25) is 14.6 Å². The van der Waals surface area contributed by atoms with Crippen LogP contribution < -0.4 is 15.6 Å². The Hall–Kier alpha value is -3.48. The molecule has 0 aliphatic rings. The Bertz CT molecular complexity index is 986.